The first-order chi connectivity index (χ1) is 12.6. The van der Waals surface area contributed by atoms with Crippen molar-refractivity contribution in [2.24, 2.45) is 0 Å². The van der Waals surface area contributed by atoms with Gasteiger partial charge >= 0.3 is 0 Å². The number of amides is 1. The molecule has 0 saturated carbocycles. The van der Waals surface area contributed by atoms with Gasteiger partial charge in [-0.25, -0.2) is 0 Å². The Kier molecular flexibility index (Phi) is 5.91. The molecule has 1 amide bonds. The van der Waals surface area contributed by atoms with Crippen LogP contribution in [0.3, 0.4) is 0 Å². The zero-order chi connectivity index (χ0) is 18.5. The van der Waals surface area contributed by atoms with E-state index >= 15 is 0 Å². The number of carbonyl (C=O) groups excluding carboxylic acids is 1. The minimum absolute atomic E-state index is 0.00952. The molecule has 0 saturated heterocycles. The van der Waals surface area contributed by atoms with E-state index in [0.29, 0.717) is 25.3 Å². The number of methoxy groups -OCH3 is 1. The first kappa shape index (κ1) is 18.4. The molecule has 0 spiro atoms. The number of thiophene rings is 1. The van der Waals surface area contributed by atoms with Gasteiger partial charge in [0, 0.05) is 34.5 Å². The average molecular weight is 369 g/mol. The van der Waals surface area contributed by atoms with Gasteiger partial charge in [0.2, 0.25) is 0 Å². The highest BCUT2D eigenvalue weighted by atomic mass is 32.1. The van der Waals surface area contributed by atoms with E-state index in [-0.39, 0.29) is 5.91 Å². The van der Waals surface area contributed by atoms with Gasteiger partial charge < -0.3 is 14.1 Å². The van der Waals surface area contributed by atoms with Crippen LogP contribution in [0.1, 0.15) is 25.9 Å². The minimum Gasteiger partial charge on any atom is -0.461 e. The molecule has 26 heavy (non-hydrogen) atoms. The van der Waals surface area contributed by atoms with Crippen molar-refractivity contribution < 1.29 is 13.9 Å². The number of aryl methyl sites for hydroxylation is 2. The highest BCUT2D eigenvalue weighted by Crippen LogP contribution is 2.23. The van der Waals surface area contributed by atoms with Crippen LogP contribution < -0.4 is 0 Å². The summed E-state index contributed by atoms with van der Waals surface area (Å²) in [4.78, 5) is 17.2. The summed E-state index contributed by atoms with van der Waals surface area (Å²) in [7, 11) is 1.65. The van der Waals surface area contributed by atoms with Crippen molar-refractivity contribution in [1.82, 2.24) is 4.90 Å². The van der Waals surface area contributed by atoms with E-state index in [1.165, 1.54) is 9.75 Å². The lowest BCUT2D eigenvalue weighted by Gasteiger charge is -2.22. The zero-order valence-corrected chi connectivity index (χ0v) is 16.1. The Morgan fingerprint density at radius 1 is 1.08 bits per heavy atom. The number of rotatable bonds is 7. The molecule has 2 aromatic heterocycles. The summed E-state index contributed by atoms with van der Waals surface area (Å²) in [6.07, 6.45) is 0. The van der Waals surface area contributed by atoms with Gasteiger partial charge in [-0.3, -0.25) is 4.79 Å². The molecule has 3 aromatic rings. The monoisotopic (exact) mass is 369 g/mol. The second kappa shape index (κ2) is 8.34. The molecule has 0 atom stereocenters. The molecule has 0 aliphatic heterocycles. The van der Waals surface area contributed by atoms with E-state index < -0.39 is 0 Å². The number of furan rings is 1. The maximum atomic E-state index is 13.0. The molecule has 0 unspecified atom stereocenters. The van der Waals surface area contributed by atoms with Crippen molar-refractivity contribution in [2.75, 3.05) is 20.3 Å². The SMILES string of the molecule is COCCN(Cc1ccc(C)s1)C(=O)c1ccc(-c2ccc(C)o2)cc1. The molecule has 3 rings (SSSR count). The molecular weight excluding hydrogens is 346 g/mol. The number of hydrogen-bond acceptors (Lipinski definition) is 4. The normalized spacial score (nSPS) is 10.9. The number of carbonyl (C=O) groups is 1. The van der Waals surface area contributed by atoms with Gasteiger partial charge in [0.05, 0.1) is 13.2 Å². The Morgan fingerprint density at radius 3 is 2.42 bits per heavy atom. The first-order valence-electron chi connectivity index (χ1n) is 8.57. The Balaban J connectivity index is 1.76. The molecule has 1 aromatic carbocycles. The van der Waals surface area contributed by atoms with Crippen molar-refractivity contribution in [3.8, 4) is 11.3 Å². The van der Waals surface area contributed by atoms with E-state index in [0.717, 1.165) is 17.1 Å². The van der Waals surface area contributed by atoms with Crippen molar-refractivity contribution in [3.63, 3.8) is 0 Å². The molecular formula is C21H23NO3S. The summed E-state index contributed by atoms with van der Waals surface area (Å²) in [6.45, 7) is 5.66. The third-order valence-corrected chi connectivity index (χ3v) is 5.14. The molecule has 136 valence electrons. The predicted molar refractivity (Wildman–Crippen MR) is 105 cm³/mol. The number of benzene rings is 1. The third kappa shape index (κ3) is 4.42. The molecule has 4 nitrogen and oxygen atoms in total. The lowest BCUT2D eigenvalue weighted by Crippen LogP contribution is -2.33. The van der Waals surface area contributed by atoms with E-state index in [4.69, 9.17) is 9.15 Å². The van der Waals surface area contributed by atoms with Gasteiger partial charge in [-0.2, -0.15) is 0 Å². The number of hydrogen-bond donors (Lipinski definition) is 0. The zero-order valence-electron chi connectivity index (χ0n) is 15.3. The van der Waals surface area contributed by atoms with Gasteiger partial charge in [0.1, 0.15) is 11.5 Å². The van der Waals surface area contributed by atoms with Crippen LogP contribution in [0, 0.1) is 13.8 Å². The summed E-state index contributed by atoms with van der Waals surface area (Å²) >= 11 is 1.72. The van der Waals surface area contributed by atoms with E-state index in [1.807, 2.05) is 48.2 Å². The first-order valence-corrected chi connectivity index (χ1v) is 9.39. The van der Waals surface area contributed by atoms with Crippen LogP contribution >= 0.6 is 11.3 Å². The molecule has 0 N–H and O–H groups in total. The van der Waals surface area contributed by atoms with Crippen LogP contribution in [0.25, 0.3) is 11.3 Å². The average Bonchev–Trinajstić information content (AvgIpc) is 3.26. The standard InChI is InChI=1S/C21H23NO3S/c1-15-4-11-20(25-15)17-6-8-18(9-7-17)21(23)22(12-13-24-3)14-19-10-5-16(2)26-19/h4-11H,12-14H2,1-3H3. The van der Waals surface area contributed by atoms with E-state index in [9.17, 15) is 4.79 Å². The van der Waals surface area contributed by atoms with Crippen molar-refractivity contribution in [1.29, 1.82) is 0 Å². The molecule has 0 fully saturated rings. The Bertz CT molecular complexity index is 864. The smallest absolute Gasteiger partial charge is 0.254 e. The maximum absolute atomic E-state index is 13.0. The highest BCUT2D eigenvalue weighted by Gasteiger charge is 2.17. The van der Waals surface area contributed by atoms with Gasteiger partial charge in [0.25, 0.3) is 5.91 Å². The summed E-state index contributed by atoms with van der Waals surface area (Å²) in [5.41, 5.74) is 1.63. The van der Waals surface area contributed by atoms with Crippen LogP contribution in [-0.4, -0.2) is 31.1 Å². The van der Waals surface area contributed by atoms with Crippen molar-refractivity contribution >= 4 is 17.2 Å². The predicted octanol–water partition coefficient (Wildman–Crippen LogP) is 4.91. The fraction of sp³-hybridized carbons (Fsp3) is 0.286. The minimum atomic E-state index is 0.00952. The molecule has 0 aliphatic carbocycles. The fourth-order valence-electron chi connectivity index (χ4n) is 2.76. The Morgan fingerprint density at radius 2 is 1.85 bits per heavy atom. The van der Waals surface area contributed by atoms with Crippen molar-refractivity contribution in [3.05, 3.63) is 69.6 Å². The number of nitrogens with zero attached hydrogens (tertiary/aromatic N) is 1. The summed E-state index contributed by atoms with van der Waals surface area (Å²) in [5.74, 6) is 1.69. The maximum Gasteiger partial charge on any atom is 0.254 e. The van der Waals surface area contributed by atoms with Gasteiger partial charge in [-0.1, -0.05) is 12.1 Å². The van der Waals surface area contributed by atoms with Crippen LogP contribution in [-0.2, 0) is 11.3 Å². The van der Waals surface area contributed by atoms with Crippen LogP contribution in [0.5, 0.6) is 0 Å². The Hall–Kier alpha value is -2.37. The topological polar surface area (TPSA) is 42.7 Å². The second-order valence-electron chi connectivity index (χ2n) is 6.22. The molecule has 0 radical (unpaired) electrons. The lowest BCUT2D eigenvalue weighted by molar-refractivity contribution is 0.0682. The van der Waals surface area contributed by atoms with Crippen molar-refractivity contribution in [2.45, 2.75) is 20.4 Å². The van der Waals surface area contributed by atoms with E-state index in [1.54, 1.807) is 18.4 Å². The summed E-state index contributed by atoms with van der Waals surface area (Å²) in [6, 6.07) is 15.6. The van der Waals surface area contributed by atoms with Crippen LogP contribution in [0.2, 0.25) is 0 Å². The quantitative estimate of drug-likeness (QED) is 0.594. The van der Waals surface area contributed by atoms with Gasteiger partial charge in [-0.15, -0.1) is 11.3 Å². The number of ether oxygens (including phenoxy) is 1. The summed E-state index contributed by atoms with van der Waals surface area (Å²) in [5, 5.41) is 0. The molecule has 5 heteroatoms. The lowest BCUT2D eigenvalue weighted by atomic mass is 10.1. The van der Waals surface area contributed by atoms with Crippen LogP contribution in [0.4, 0.5) is 0 Å². The third-order valence-electron chi connectivity index (χ3n) is 4.15. The largest absolute Gasteiger partial charge is 0.461 e. The van der Waals surface area contributed by atoms with E-state index in [2.05, 4.69) is 19.1 Å². The Labute approximate surface area is 158 Å². The summed E-state index contributed by atoms with van der Waals surface area (Å²) < 4.78 is 10.8. The molecule has 0 aliphatic rings. The molecule has 0 bridgehead atoms. The highest BCUT2D eigenvalue weighted by molar-refractivity contribution is 7.11. The fourth-order valence-corrected chi connectivity index (χ4v) is 3.67. The molecule has 2 heterocycles. The van der Waals surface area contributed by atoms with Gasteiger partial charge in [0.15, 0.2) is 0 Å². The van der Waals surface area contributed by atoms with Gasteiger partial charge in [-0.05, 0) is 50.2 Å². The second-order valence-corrected chi connectivity index (χ2v) is 7.59. The van der Waals surface area contributed by atoms with Crippen LogP contribution in [0.15, 0.2) is 52.9 Å².